The smallest absolute Gasteiger partial charge is 0.270 e. The average Bonchev–Trinajstić information content (AvgIpc) is 3.41. The number of carbonyl (C=O) groups excluding carboxylic acids is 1. The number of allylic oxidation sites excluding steroid dienone is 2. The number of hydrogen-bond acceptors (Lipinski definition) is 8. The third kappa shape index (κ3) is 6.78. The number of amides is 1. The van der Waals surface area contributed by atoms with Gasteiger partial charge in [-0.25, -0.2) is 4.98 Å². The molecule has 5 rings (SSSR count). The van der Waals surface area contributed by atoms with Crippen molar-refractivity contribution in [2.24, 2.45) is 0 Å². The third-order valence-corrected chi connectivity index (χ3v) is 7.90. The number of anilines is 3. The van der Waals surface area contributed by atoms with E-state index in [1.165, 1.54) is 29.0 Å². The van der Waals surface area contributed by atoms with Gasteiger partial charge in [-0.15, -0.1) is 11.3 Å². The Bertz CT molecular complexity index is 1440. The summed E-state index contributed by atoms with van der Waals surface area (Å²) in [6.45, 7) is 7.35. The van der Waals surface area contributed by atoms with Gasteiger partial charge in [-0.2, -0.15) is 0 Å². The molecule has 1 aliphatic carbocycles. The van der Waals surface area contributed by atoms with Gasteiger partial charge in [-0.05, 0) is 44.5 Å². The highest BCUT2D eigenvalue weighted by Crippen LogP contribution is 2.31. The summed E-state index contributed by atoms with van der Waals surface area (Å²) < 4.78 is 0. The Morgan fingerprint density at radius 3 is 2.67 bits per heavy atom. The van der Waals surface area contributed by atoms with Gasteiger partial charge in [0, 0.05) is 72.7 Å². The normalized spacial score (nSPS) is 16.4. The minimum absolute atomic E-state index is 0.0316. The molecule has 3 aromatic rings. The largest absolute Gasteiger partial charge is 0.331 e. The Morgan fingerprint density at radius 1 is 1.10 bits per heavy atom. The van der Waals surface area contributed by atoms with Crippen molar-refractivity contribution in [3.8, 4) is 11.3 Å². The molecule has 2 aromatic carbocycles. The molecule has 2 N–H and O–H groups in total. The number of nitro benzene ring substituents is 1. The van der Waals surface area contributed by atoms with Crippen LogP contribution in [0, 0.1) is 17.0 Å². The van der Waals surface area contributed by atoms with Crippen LogP contribution in [0.3, 0.4) is 0 Å². The van der Waals surface area contributed by atoms with Gasteiger partial charge in [-0.3, -0.25) is 19.8 Å². The lowest BCUT2D eigenvalue weighted by Gasteiger charge is -2.33. The number of carbonyl (C=O) groups is 1. The molecule has 1 amide bonds. The molecule has 0 bridgehead atoms. The van der Waals surface area contributed by atoms with Gasteiger partial charge in [0.1, 0.15) is 0 Å². The van der Waals surface area contributed by atoms with Gasteiger partial charge in [0.2, 0.25) is 0 Å². The van der Waals surface area contributed by atoms with Crippen LogP contribution in [0.5, 0.6) is 0 Å². The Balaban J connectivity index is 1.22. The van der Waals surface area contributed by atoms with Crippen molar-refractivity contribution < 1.29 is 9.72 Å². The van der Waals surface area contributed by atoms with Crippen molar-refractivity contribution in [1.29, 1.82) is 0 Å². The van der Waals surface area contributed by atoms with E-state index in [2.05, 4.69) is 38.5 Å². The summed E-state index contributed by atoms with van der Waals surface area (Å²) in [7, 11) is 2.16. The van der Waals surface area contributed by atoms with Crippen LogP contribution in [-0.4, -0.2) is 65.4 Å². The van der Waals surface area contributed by atoms with Crippen molar-refractivity contribution in [3.63, 3.8) is 0 Å². The molecule has 39 heavy (non-hydrogen) atoms. The predicted octanol–water partition coefficient (Wildman–Crippen LogP) is 5.60. The van der Waals surface area contributed by atoms with Crippen LogP contribution in [0.15, 0.2) is 71.1 Å². The molecule has 9 nitrogen and oxygen atoms in total. The minimum Gasteiger partial charge on any atom is -0.331 e. The summed E-state index contributed by atoms with van der Waals surface area (Å²) in [4.78, 5) is 33.1. The fraction of sp³-hybridized carbons (Fsp3) is 0.310. The summed E-state index contributed by atoms with van der Waals surface area (Å²) in [5, 5.41) is 20.0. The van der Waals surface area contributed by atoms with Crippen LogP contribution in [0.25, 0.3) is 11.3 Å². The molecule has 0 radical (unpaired) electrons. The Hall–Kier alpha value is -3.86. The molecule has 0 saturated carbocycles. The van der Waals surface area contributed by atoms with Crippen molar-refractivity contribution in [3.05, 3.63) is 86.8 Å². The number of rotatable bonds is 8. The van der Waals surface area contributed by atoms with Crippen LogP contribution >= 0.6 is 11.3 Å². The standard InChI is InChI=1S/C29H32N6O3S/c1-20-6-11-24(30-28(36)22-9-7-21(8-10-22)18-34-14-12-33(2)13-15-34)17-26(20)31-29-32-27(19-39-29)23-4-3-5-25(16-23)35(37)38/h3-7,9,11,16-17,19H,8,10,12-15,18H2,1-2H3,(H,30,36)(H,31,32). The first-order valence-corrected chi connectivity index (χ1v) is 13.9. The molecule has 1 fully saturated rings. The molecule has 1 aliphatic heterocycles. The van der Waals surface area contributed by atoms with Crippen molar-refractivity contribution in [2.75, 3.05) is 50.4 Å². The van der Waals surface area contributed by atoms with Crippen LogP contribution in [0.2, 0.25) is 0 Å². The van der Waals surface area contributed by atoms with Gasteiger partial charge in [0.05, 0.1) is 10.6 Å². The van der Waals surface area contributed by atoms with E-state index in [1.807, 2.05) is 36.6 Å². The second-order valence-corrected chi connectivity index (χ2v) is 10.9. The zero-order valence-electron chi connectivity index (χ0n) is 22.1. The van der Waals surface area contributed by atoms with E-state index in [-0.39, 0.29) is 11.6 Å². The number of likely N-dealkylation sites (N-methyl/N-ethyl adjacent to an activating group) is 1. The third-order valence-electron chi connectivity index (χ3n) is 7.14. The maximum absolute atomic E-state index is 13.0. The Labute approximate surface area is 232 Å². The zero-order chi connectivity index (χ0) is 27.4. The zero-order valence-corrected chi connectivity index (χ0v) is 23.0. The number of piperazine rings is 1. The summed E-state index contributed by atoms with van der Waals surface area (Å²) in [5.74, 6) is -0.0816. The minimum atomic E-state index is -0.411. The lowest BCUT2D eigenvalue weighted by molar-refractivity contribution is -0.384. The number of hydrogen-bond donors (Lipinski definition) is 2. The first kappa shape index (κ1) is 26.7. The number of thiazole rings is 1. The highest BCUT2D eigenvalue weighted by atomic mass is 32.1. The number of aryl methyl sites for hydroxylation is 1. The molecular formula is C29H32N6O3S. The number of nitro groups is 1. The van der Waals surface area contributed by atoms with Crippen molar-refractivity contribution in [1.82, 2.24) is 14.8 Å². The molecule has 0 atom stereocenters. The van der Waals surface area contributed by atoms with E-state index >= 15 is 0 Å². The molecule has 2 heterocycles. The summed E-state index contributed by atoms with van der Waals surface area (Å²) in [6.07, 6.45) is 5.72. The fourth-order valence-corrected chi connectivity index (χ4v) is 5.43. The van der Waals surface area contributed by atoms with Crippen LogP contribution in [-0.2, 0) is 4.79 Å². The van der Waals surface area contributed by atoms with E-state index in [0.717, 1.165) is 62.4 Å². The SMILES string of the molecule is Cc1ccc(NC(=O)C2=CC=C(CN3CCN(C)CC3)CC2)cc1Nc1nc(-c2cccc([N+](=O)[O-])c2)cs1. The second kappa shape index (κ2) is 11.9. The fourth-order valence-electron chi connectivity index (χ4n) is 4.70. The first-order chi connectivity index (χ1) is 18.8. The summed E-state index contributed by atoms with van der Waals surface area (Å²) >= 11 is 1.42. The molecule has 202 valence electrons. The van der Waals surface area contributed by atoms with E-state index in [4.69, 9.17) is 0 Å². The molecule has 10 heteroatoms. The van der Waals surface area contributed by atoms with E-state index in [0.29, 0.717) is 22.1 Å². The highest BCUT2D eigenvalue weighted by Gasteiger charge is 2.18. The van der Waals surface area contributed by atoms with Gasteiger partial charge < -0.3 is 15.5 Å². The summed E-state index contributed by atoms with van der Waals surface area (Å²) in [5.41, 5.74) is 6.10. The van der Waals surface area contributed by atoms with Crippen molar-refractivity contribution in [2.45, 2.75) is 19.8 Å². The molecule has 1 aromatic heterocycles. The predicted molar refractivity (Wildman–Crippen MR) is 157 cm³/mol. The average molecular weight is 545 g/mol. The Morgan fingerprint density at radius 2 is 1.92 bits per heavy atom. The quantitative estimate of drug-likeness (QED) is 0.281. The number of nitrogens with zero attached hydrogens (tertiary/aromatic N) is 4. The van der Waals surface area contributed by atoms with Gasteiger partial charge in [0.25, 0.3) is 11.6 Å². The van der Waals surface area contributed by atoms with Crippen molar-refractivity contribution >= 4 is 39.4 Å². The number of aromatic nitrogens is 1. The highest BCUT2D eigenvalue weighted by molar-refractivity contribution is 7.14. The van der Waals surface area contributed by atoms with E-state index < -0.39 is 4.92 Å². The second-order valence-electron chi connectivity index (χ2n) is 10.1. The maximum atomic E-state index is 13.0. The van der Waals surface area contributed by atoms with Crippen LogP contribution in [0.1, 0.15) is 18.4 Å². The lowest BCUT2D eigenvalue weighted by atomic mass is 9.97. The van der Waals surface area contributed by atoms with E-state index in [9.17, 15) is 14.9 Å². The molecular weight excluding hydrogens is 512 g/mol. The lowest BCUT2D eigenvalue weighted by Crippen LogP contribution is -2.45. The number of non-ortho nitro benzene ring substituents is 1. The molecule has 1 saturated heterocycles. The van der Waals surface area contributed by atoms with E-state index in [1.54, 1.807) is 12.1 Å². The molecule has 0 unspecified atom stereocenters. The first-order valence-electron chi connectivity index (χ1n) is 13.0. The van der Waals surface area contributed by atoms with Gasteiger partial charge in [-0.1, -0.05) is 35.9 Å². The molecule has 0 spiro atoms. The van der Waals surface area contributed by atoms with Gasteiger partial charge in [0.15, 0.2) is 5.13 Å². The topological polar surface area (TPSA) is 104 Å². The van der Waals surface area contributed by atoms with Crippen LogP contribution < -0.4 is 10.6 Å². The molecule has 2 aliphatic rings. The summed E-state index contributed by atoms with van der Waals surface area (Å²) in [6, 6.07) is 12.2. The Kier molecular flexibility index (Phi) is 8.16. The maximum Gasteiger partial charge on any atom is 0.270 e. The monoisotopic (exact) mass is 544 g/mol. The number of nitrogens with one attached hydrogen (secondary N) is 2. The number of benzene rings is 2. The van der Waals surface area contributed by atoms with Crippen LogP contribution in [0.4, 0.5) is 22.2 Å². The van der Waals surface area contributed by atoms with Gasteiger partial charge >= 0.3 is 0 Å².